The summed E-state index contributed by atoms with van der Waals surface area (Å²) in [5.41, 5.74) is -2.30. The largest absolute Gasteiger partial charge is 0.509 e. The van der Waals surface area contributed by atoms with Gasteiger partial charge in [-0.2, -0.15) is 8.42 Å². The first-order chi connectivity index (χ1) is 20.3. The van der Waals surface area contributed by atoms with Crippen LogP contribution >= 0.6 is 11.6 Å². The third-order valence-electron chi connectivity index (χ3n) is 10.5. The molecule has 3 saturated carbocycles. The molecule has 3 fully saturated rings. The number of hydrogen-bond acceptors (Lipinski definition) is 9. The Balaban J connectivity index is 1.46. The van der Waals surface area contributed by atoms with Crippen molar-refractivity contribution in [1.29, 1.82) is 0 Å². The number of unbranched alkanes of at least 4 members (excludes halogenated alkanes) is 1. The molecule has 4 aliphatic carbocycles. The Labute approximate surface area is 257 Å². The van der Waals surface area contributed by atoms with Gasteiger partial charge in [0.15, 0.2) is 11.4 Å². The molecule has 1 aromatic rings. The zero-order valence-corrected chi connectivity index (χ0v) is 26.3. The molecule has 1 aromatic carbocycles. The smallest absolute Gasteiger partial charge is 0.434 e. The Morgan fingerprint density at radius 3 is 2.56 bits per heavy atom. The molecule has 0 aliphatic heterocycles. The second-order valence-electron chi connectivity index (χ2n) is 12.7. The number of ketones is 2. The molecule has 0 radical (unpaired) electrons. The van der Waals surface area contributed by atoms with Crippen molar-refractivity contribution in [3.05, 3.63) is 53.1 Å². The summed E-state index contributed by atoms with van der Waals surface area (Å²) in [4.78, 5) is 39.1. The summed E-state index contributed by atoms with van der Waals surface area (Å²) in [7, 11) is -4.32. The Kier molecular flexibility index (Phi) is 8.72. The van der Waals surface area contributed by atoms with Gasteiger partial charge in [0.2, 0.25) is 5.78 Å². The lowest BCUT2D eigenvalue weighted by molar-refractivity contribution is -0.183. The van der Waals surface area contributed by atoms with Crippen LogP contribution in [-0.4, -0.2) is 56.2 Å². The van der Waals surface area contributed by atoms with E-state index >= 15 is 0 Å². The highest BCUT2D eigenvalue weighted by molar-refractivity contribution is 7.86. The molecule has 9 nitrogen and oxygen atoms in total. The fourth-order valence-electron chi connectivity index (χ4n) is 8.38. The molecule has 234 valence electrons. The number of fused-ring (bicyclic) bond motifs is 5. The number of benzene rings is 1. The standard InChI is InChI=1S/C32H39ClO9S/c1-4-5-16-40-29(37)42-32(27(36)19-41-43(38,39)23-9-7-21(33)8-10-23)15-13-25-24-11-6-20-17-22(34)12-14-30(20,2)28(24)26(35)18-31(25,32)3/h7-10,12,14,17,24-26,28,35H,4-6,11,13,15-16,18-19H2,1-3H3/t24-,25-,26?,28+,30-,31-,32-/m0/s1. The van der Waals surface area contributed by atoms with E-state index in [9.17, 15) is 27.9 Å². The van der Waals surface area contributed by atoms with E-state index in [2.05, 4.69) is 6.92 Å². The number of ether oxygens (including phenoxy) is 2. The van der Waals surface area contributed by atoms with Gasteiger partial charge in [0.05, 0.1) is 17.6 Å². The topological polar surface area (TPSA) is 133 Å². The van der Waals surface area contributed by atoms with Crippen LogP contribution in [0.4, 0.5) is 4.79 Å². The van der Waals surface area contributed by atoms with Crippen LogP contribution in [0.2, 0.25) is 5.02 Å². The molecule has 0 bridgehead atoms. The van der Waals surface area contributed by atoms with Gasteiger partial charge in [-0.25, -0.2) is 4.79 Å². The van der Waals surface area contributed by atoms with Crippen LogP contribution in [-0.2, 0) is 33.4 Å². The van der Waals surface area contributed by atoms with E-state index in [-0.39, 0.29) is 47.9 Å². The minimum absolute atomic E-state index is 0.0261. The fraction of sp³-hybridized carbons (Fsp3) is 0.594. The number of allylic oxidation sites excluding steroid dienone is 4. The van der Waals surface area contributed by atoms with Crippen molar-refractivity contribution in [2.24, 2.45) is 28.6 Å². The van der Waals surface area contributed by atoms with Gasteiger partial charge in [0.1, 0.15) is 6.61 Å². The summed E-state index contributed by atoms with van der Waals surface area (Å²) in [5, 5.41) is 12.1. The first kappa shape index (κ1) is 31.9. The predicted octanol–water partition coefficient (Wildman–Crippen LogP) is 5.59. The average Bonchev–Trinajstić information content (AvgIpc) is 3.24. The van der Waals surface area contributed by atoms with E-state index in [1.54, 1.807) is 12.2 Å². The van der Waals surface area contributed by atoms with Crippen molar-refractivity contribution < 1.29 is 41.6 Å². The Morgan fingerprint density at radius 1 is 1.14 bits per heavy atom. The Hall–Kier alpha value is -2.53. The van der Waals surface area contributed by atoms with E-state index in [4.69, 9.17) is 25.3 Å². The number of aliphatic hydroxyl groups excluding tert-OH is 1. The van der Waals surface area contributed by atoms with E-state index in [1.165, 1.54) is 24.3 Å². The molecule has 7 atom stereocenters. The maximum absolute atomic E-state index is 14.1. The average molecular weight is 635 g/mol. The zero-order chi connectivity index (χ0) is 31.2. The highest BCUT2D eigenvalue weighted by Crippen LogP contribution is 2.68. The summed E-state index contributed by atoms with van der Waals surface area (Å²) in [6.07, 6.45) is 6.85. The first-order valence-corrected chi connectivity index (χ1v) is 16.7. The lowest BCUT2D eigenvalue weighted by Crippen LogP contribution is -2.63. The molecule has 0 saturated heterocycles. The molecule has 0 spiro atoms. The van der Waals surface area contributed by atoms with Gasteiger partial charge in [0.25, 0.3) is 10.1 Å². The van der Waals surface area contributed by atoms with Gasteiger partial charge in [-0.3, -0.25) is 13.8 Å². The molecular weight excluding hydrogens is 596 g/mol. The molecule has 5 rings (SSSR count). The van der Waals surface area contributed by atoms with Crippen molar-refractivity contribution in [1.82, 2.24) is 0 Å². The van der Waals surface area contributed by atoms with Gasteiger partial charge < -0.3 is 14.6 Å². The molecule has 0 aromatic heterocycles. The number of halogens is 1. The number of hydrogen-bond donors (Lipinski definition) is 1. The van der Waals surface area contributed by atoms with Crippen molar-refractivity contribution in [3.8, 4) is 0 Å². The Morgan fingerprint density at radius 2 is 1.86 bits per heavy atom. The summed E-state index contributed by atoms with van der Waals surface area (Å²) in [5.74, 6) is -1.10. The summed E-state index contributed by atoms with van der Waals surface area (Å²) < 4.78 is 42.4. The molecule has 11 heteroatoms. The van der Waals surface area contributed by atoms with Crippen LogP contribution in [0.15, 0.2) is 53.0 Å². The molecule has 1 unspecified atom stereocenters. The first-order valence-electron chi connectivity index (χ1n) is 14.9. The number of carbonyl (C=O) groups excluding carboxylic acids is 3. The van der Waals surface area contributed by atoms with Crippen molar-refractivity contribution in [3.63, 3.8) is 0 Å². The Bertz CT molecular complexity index is 1450. The van der Waals surface area contributed by atoms with Gasteiger partial charge in [-0.1, -0.05) is 50.4 Å². The van der Waals surface area contributed by atoms with Crippen LogP contribution in [0.3, 0.4) is 0 Å². The van der Waals surface area contributed by atoms with Gasteiger partial charge in [-0.05, 0) is 86.8 Å². The SMILES string of the molecule is CCCCOC(=O)O[C@]1(C(=O)COS(=O)(=O)c2ccc(Cl)cc2)CC[C@H]2[C@@H]3CCC4=CC(=O)C=C[C@]4(C)[C@H]3C(O)C[C@@]21C. The van der Waals surface area contributed by atoms with Crippen molar-refractivity contribution >= 4 is 39.4 Å². The molecule has 4 aliphatic rings. The monoisotopic (exact) mass is 634 g/mol. The number of rotatable bonds is 9. The van der Waals surface area contributed by atoms with Crippen molar-refractivity contribution in [2.75, 3.05) is 13.2 Å². The lowest BCUT2D eigenvalue weighted by Gasteiger charge is -2.59. The third-order valence-corrected chi connectivity index (χ3v) is 12.0. The molecule has 0 amide bonds. The third kappa shape index (κ3) is 5.49. The van der Waals surface area contributed by atoms with E-state index < -0.39 is 51.2 Å². The maximum Gasteiger partial charge on any atom is 0.509 e. The predicted molar refractivity (Wildman–Crippen MR) is 158 cm³/mol. The maximum atomic E-state index is 14.1. The van der Waals surface area contributed by atoms with Crippen LogP contribution in [0, 0.1) is 28.6 Å². The van der Waals surface area contributed by atoms with Crippen LogP contribution in [0.1, 0.15) is 65.7 Å². The number of aliphatic hydroxyl groups is 1. The molecule has 1 N–H and O–H groups in total. The van der Waals surface area contributed by atoms with Gasteiger partial charge in [-0.15, -0.1) is 0 Å². The normalized spacial score (nSPS) is 34.9. The number of carbonyl (C=O) groups is 3. The zero-order valence-electron chi connectivity index (χ0n) is 24.7. The second kappa shape index (κ2) is 11.8. The summed E-state index contributed by atoms with van der Waals surface area (Å²) in [6.45, 7) is 5.11. The van der Waals surface area contributed by atoms with Crippen molar-refractivity contribution in [2.45, 2.75) is 82.3 Å². The van der Waals surface area contributed by atoms with Crippen LogP contribution in [0.5, 0.6) is 0 Å². The van der Waals surface area contributed by atoms with Gasteiger partial charge >= 0.3 is 6.16 Å². The highest BCUT2D eigenvalue weighted by atomic mass is 35.5. The minimum Gasteiger partial charge on any atom is -0.434 e. The number of Topliss-reactive ketones (excluding diaryl/α,β-unsaturated/α-hetero) is 1. The van der Waals surface area contributed by atoms with Crippen LogP contribution in [0.25, 0.3) is 0 Å². The second-order valence-corrected chi connectivity index (χ2v) is 14.8. The van der Waals surface area contributed by atoms with Gasteiger partial charge in [0, 0.05) is 21.8 Å². The molecule has 0 heterocycles. The fourth-order valence-corrected chi connectivity index (χ4v) is 9.38. The quantitative estimate of drug-likeness (QED) is 0.210. The van der Waals surface area contributed by atoms with E-state index in [1.807, 2.05) is 19.9 Å². The summed E-state index contributed by atoms with van der Waals surface area (Å²) in [6, 6.07) is 5.37. The highest BCUT2D eigenvalue weighted by Gasteiger charge is 2.70. The molecular formula is C32H39ClO9S. The summed E-state index contributed by atoms with van der Waals surface area (Å²) >= 11 is 5.89. The van der Waals surface area contributed by atoms with Crippen LogP contribution < -0.4 is 0 Å². The minimum atomic E-state index is -4.32. The van der Waals surface area contributed by atoms with E-state index in [0.29, 0.717) is 30.7 Å². The van der Waals surface area contributed by atoms with E-state index in [0.717, 1.165) is 12.0 Å². The lowest BCUT2D eigenvalue weighted by atomic mass is 9.46. The molecule has 43 heavy (non-hydrogen) atoms.